The number of amides is 1. The first-order valence-electron chi connectivity index (χ1n) is 8.26. The maximum absolute atomic E-state index is 12.8. The standard InChI is InChI=1S/C17H22N2O4/c1-10-6-7-12(17(22)23)9-19(10)16(21)13-8-11-4-2-3-5-14(11)18-15(13)20/h8,10,12H,2-7,9H2,1H3,(H,18,20)(H,22,23). The fourth-order valence-electron chi connectivity index (χ4n) is 3.58. The molecule has 1 amide bonds. The molecule has 2 unspecified atom stereocenters. The van der Waals surface area contributed by atoms with Crippen LogP contribution in [0, 0.1) is 5.92 Å². The van der Waals surface area contributed by atoms with Gasteiger partial charge in [-0.05, 0) is 57.1 Å². The van der Waals surface area contributed by atoms with Crippen LogP contribution in [0.3, 0.4) is 0 Å². The lowest BCUT2D eigenvalue weighted by Gasteiger charge is -2.36. The molecule has 1 aromatic heterocycles. The largest absolute Gasteiger partial charge is 0.481 e. The third-order valence-corrected chi connectivity index (χ3v) is 5.06. The molecule has 23 heavy (non-hydrogen) atoms. The number of carbonyl (C=O) groups excluding carboxylic acids is 1. The van der Waals surface area contributed by atoms with Crippen molar-refractivity contribution in [2.24, 2.45) is 5.92 Å². The maximum atomic E-state index is 12.8. The van der Waals surface area contributed by atoms with E-state index in [1.54, 1.807) is 11.0 Å². The lowest BCUT2D eigenvalue weighted by molar-refractivity contribution is -0.143. The van der Waals surface area contributed by atoms with Gasteiger partial charge in [-0.3, -0.25) is 14.4 Å². The van der Waals surface area contributed by atoms with Crippen molar-refractivity contribution in [2.45, 2.75) is 51.5 Å². The van der Waals surface area contributed by atoms with Gasteiger partial charge in [-0.1, -0.05) is 0 Å². The Bertz CT molecular complexity index is 694. The Labute approximate surface area is 134 Å². The van der Waals surface area contributed by atoms with Gasteiger partial charge < -0.3 is 15.0 Å². The van der Waals surface area contributed by atoms with Gasteiger partial charge in [0.15, 0.2) is 0 Å². The minimum absolute atomic E-state index is 0.0477. The number of pyridine rings is 1. The Morgan fingerprint density at radius 1 is 1.26 bits per heavy atom. The normalized spacial score (nSPS) is 24.1. The molecule has 2 atom stereocenters. The number of aromatic amines is 1. The maximum Gasteiger partial charge on any atom is 0.308 e. The number of likely N-dealkylation sites (tertiary alicyclic amines) is 1. The smallest absolute Gasteiger partial charge is 0.308 e. The molecule has 6 heteroatoms. The molecule has 0 aromatic carbocycles. The highest BCUT2D eigenvalue weighted by Crippen LogP contribution is 2.24. The van der Waals surface area contributed by atoms with Gasteiger partial charge in [-0.2, -0.15) is 0 Å². The number of rotatable bonds is 2. The number of piperidine rings is 1. The van der Waals surface area contributed by atoms with Crippen molar-refractivity contribution in [3.8, 4) is 0 Å². The van der Waals surface area contributed by atoms with E-state index in [1.165, 1.54) is 0 Å². The van der Waals surface area contributed by atoms with Crippen LogP contribution < -0.4 is 5.56 Å². The van der Waals surface area contributed by atoms with Crippen LogP contribution in [0.25, 0.3) is 0 Å². The number of nitrogens with zero attached hydrogens (tertiary/aromatic N) is 1. The number of nitrogens with one attached hydrogen (secondary N) is 1. The molecule has 0 bridgehead atoms. The first kappa shape index (κ1) is 15.8. The average Bonchev–Trinajstić information content (AvgIpc) is 2.53. The predicted molar refractivity (Wildman–Crippen MR) is 84.6 cm³/mol. The highest BCUT2D eigenvalue weighted by atomic mass is 16.4. The SMILES string of the molecule is CC1CCC(C(=O)O)CN1C(=O)c1cc2c([nH]c1=O)CCCC2. The molecule has 1 fully saturated rings. The topological polar surface area (TPSA) is 90.5 Å². The summed E-state index contributed by atoms with van der Waals surface area (Å²) in [7, 11) is 0. The van der Waals surface area contributed by atoms with Crippen LogP contribution >= 0.6 is 0 Å². The van der Waals surface area contributed by atoms with Crippen molar-refractivity contribution >= 4 is 11.9 Å². The summed E-state index contributed by atoms with van der Waals surface area (Å²) < 4.78 is 0. The van der Waals surface area contributed by atoms with E-state index < -0.39 is 11.9 Å². The van der Waals surface area contributed by atoms with Crippen LogP contribution in [0.1, 0.15) is 54.2 Å². The van der Waals surface area contributed by atoms with Crippen molar-refractivity contribution in [3.05, 3.63) is 33.2 Å². The summed E-state index contributed by atoms with van der Waals surface area (Å²) in [6.07, 6.45) is 5.06. The van der Waals surface area contributed by atoms with Gasteiger partial charge in [0.1, 0.15) is 5.56 Å². The van der Waals surface area contributed by atoms with Crippen LogP contribution in [-0.2, 0) is 17.6 Å². The highest BCUT2D eigenvalue weighted by Gasteiger charge is 2.34. The van der Waals surface area contributed by atoms with Gasteiger partial charge >= 0.3 is 5.97 Å². The first-order valence-corrected chi connectivity index (χ1v) is 8.26. The number of aryl methyl sites for hydroxylation is 2. The van der Waals surface area contributed by atoms with Gasteiger partial charge in [0.2, 0.25) is 0 Å². The summed E-state index contributed by atoms with van der Waals surface area (Å²) in [5, 5.41) is 9.20. The van der Waals surface area contributed by atoms with Crippen LogP contribution in [0.15, 0.2) is 10.9 Å². The van der Waals surface area contributed by atoms with Gasteiger partial charge in [0, 0.05) is 18.3 Å². The average molecular weight is 318 g/mol. The zero-order valence-electron chi connectivity index (χ0n) is 13.3. The second-order valence-corrected chi connectivity index (χ2v) is 6.64. The molecule has 2 heterocycles. The fraction of sp³-hybridized carbons (Fsp3) is 0.588. The molecule has 6 nitrogen and oxygen atoms in total. The molecule has 1 aliphatic carbocycles. The molecule has 124 valence electrons. The van der Waals surface area contributed by atoms with E-state index in [-0.39, 0.29) is 29.6 Å². The van der Waals surface area contributed by atoms with Crippen molar-refractivity contribution in [1.82, 2.24) is 9.88 Å². The quantitative estimate of drug-likeness (QED) is 0.866. The minimum atomic E-state index is -0.881. The summed E-state index contributed by atoms with van der Waals surface area (Å²) in [6, 6.07) is 1.67. The molecule has 2 N–H and O–H groups in total. The number of carboxylic acids is 1. The summed E-state index contributed by atoms with van der Waals surface area (Å²) in [4.78, 5) is 40.7. The molecule has 3 rings (SSSR count). The number of aromatic nitrogens is 1. The number of aliphatic carboxylic acids is 1. The van der Waals surface area contributed by atoms with E-state index >= 15 is 0 Å². The summed E-state index contributed by atoms with van der Waals surface area (Å²) in [6.45, 7) is 2.08. The zero-order chi connectivity index (χ0) is 16.6. The van der Waals surface area contributed by atoms with Gasteiger partial charge in [0.05, 0.1) is 5.92 Å². The summed E-state index contributed by atoms with van der Waals surface area (Å²) in [5.74, 6) is -1.78. The van der Waals surface area contributed by atoms with Crippen LogP contribution in [0.5, 0.6) is 0 Å². The van der Waals surface area contributed by atoms with Gasteiger partial charge in [0.25, 0.3) is 11.5 Å². The zero-order valence-corrected chi connectivity index (χ0v) is 13.3. The Morgan fingerprint density at radius 3 is 2.74 bits per heavy atom. The van der Waals surface area contributed by atoms with E-state index in [4.69, 9.17) is 0 Å². The highest BCUT2D eigenvalue weighted by molar-refractivity contribution is 5.94. The van der Waals surface area contributed by atoms with Crippen molar-refractivity contribution < 1.29 is 14.7 Å². The number of carbonyl (C=O) groups is 2. The Balaban J connectivity index is 1.90. The number of H-pyrrole nitrogens is 1. The lowest BCUT2D eigenvalue weighted by Crippen LogP contribution is -2.48. The molecule has 0 saturated carbocycles. The van der Waals surface area contributed by atoms with Gasteiger partial charge in [-0.15, -0.1) is 0 Å². The molecule has 1 saturated heterocycles. The number of hydrogen-bond donors (Lipinski definition) is 2. The van der Waals surface area contributed by atoms with E-state index in [0.29, 0.717) is 12.8 Å². The third kappa shape index (κ3) is 3.02. The molecule has 1 aromatic rings. The van der Waals surface area contributed by atoms with Crippen LogP contribution in [0.4, 0.5) is 0 Å². The predicted octanol–water partition coefficient (Wildman–Crippen LogP) is 1.58. The number of fused-ring (bicyclic) bond motifs is 1. The minimum Gasteiger partial charge on any atom is -0.481 e. The molecule has 0 spiro atoms. The Kier molecular flexibility index (Phi) is 4.24. The van der Waals surface area contributed by atoms with E-state index in [2.05, 4.69) is 4.98 Å². The van der Waals surface area contributed by atoms with E-state index in [1.807, 2.05) is 6.92 Å². The van der Waals surface area contributed by atoms with Gasteiger partial charge in [-0.25, -0.2) is 0 Å². The fourth-order valence-corrected chi connectivity index (χ4v) is 3.58. The molecular weight excluding hydrogens is 296 g/mol. The molecular formula is C17H22N2O4. The van der Waals surface area contributed by atoms with E-state index in [0.717, 1.165) is 36.9 Å². The summed E-state index contributed by atoms with van der Waals surface area (Å²) >= 11 is 0. The van der Waals surface area contributed by atoms with E-state index in [9.17, 15) is 19.5 Å². The second-order valence-electron chi connectivity index (χ2n) is 6.64. The van der Waals surface area contributed by atoms with Crippen molar-refractivity contribution in [2.75, 3.05) is 6.54 Å². The molecule has 0 radical (unpaired) electrons. The number of hydrogen-bond acceptors (Lipinski definition) is 3. The monoisotopic (exact) mass is 318 g/mol. The Morgan fingerprint density at radius 2 is 2.00 bits per heavy atom. The first-order chi connectivity index (χ1) is 11.0. The lowest BCUT2D eigenvalue weighted by atomic mass is 9.92. The van der Waals surface area contributed by atoms with Crippen LogP contribution in [-0.4, -0.2) is 39.5 Å². The Hall–Kier alpha value is -2.11. The van der Waals surface area contributed by atoms with Crippen molar-refractivity contribution in [3.63, 3.8) is 0 Å². The third-order valence-electron chi connectivity index (χ3n) is 5.06. The van der Waals surface area contributed by atoms with Crippen LogP contribution in [0.2, 0.25) is 0 Å². The molecule has 2 aliphatic rings. The summed E-state index contributed by atoms with van der Waals surface area (Å²) in [5.41, 5.74) is 1.76. The number of carboxylic acid groups (broad SMARTS) is 1. The second kappa shape index (κ2) is 6.18. The van der Waals surface area contributed by atoms with Crippen molar-refractivity contribution in [1.29, 1.82) is 0 Å². The molecule has 1 aliphatic heterocycles.